The number of ether oxygens (including phenoxy) is 1. The van der Waals surface area contributed by atoms with Crippen molar-refractivity contribution in [2.75, 3.05) is 43.0 Å². The molecule has 0 saturated carbocycles. The van der Waals surface area contributed by atoms with Gasteiger partial charge in [-0.15, -0.1) is 11.3 Å². The Bertz CT molecular complexity index is 800. The van der Waals surface area contributed by atoms with E-state index in [-0.39, 0.29) is 12.3 Å². The first-order valence-corrected chi connectivity index (χ1v) is 9.90. The number of nitrogens with one attached hydrogen (secondary N) is 1. The quantitative estimate of drug-likeness (QED) is 0.852. The maximum absolute atomic E-state index is 12.6. The smallest absolute Gasteiger partial charge is 0.413 e. The van der Waals surface area contributed by atoms with Crippen molar-refractivity contribution in [1.82, 2.24) is 9.88 Å². The van der Waals surface area contributed by atoms with E-state index in [1.165, 1.54) is 22.6 Å². The molecule has 144 valence electrons. The minimum absolute atomic E-state index is 0.0619. The molecule has 0 spiro atoms. The van der Waals surface area contributed by atoms with Crippen LogP contribution >= 0.6 is 11.3 Å². The lowest BCUT2D eigenvalue weighted by Crippen LogP contribution is -2.49. The zero-order valence-electron chi connectivity index (χ0n) is 15.6. The number of nitrogens with zero attached hydrogens (tertiary/aromatic N) is 3. The van der Waals surface area contributed by atoms with Gasteiger partial charge in [0.05, 0.1) is 18.7 Å². The number of anilines is 2. The highest BCUT2D eigenvalue weighted by Crippen LogP contribution is 2.19. The summed E-state index contributed by atoms with van der Waals surface area (Å²) in [7, 11) is 0. The van der Waals surface area contributed by atoms with Crippen molar-refractivity contribution in [3.63, 3.8) is 0 Å². The van der Waals surface area contributed by atoms with E-state index in [9.17, 15) is 9.59 Å². The van der Waals surface area contributed by atoms with Gasteiger partial charge in [-0.3, -0.25) is 10.1 Å². The molecule has 8 heteroatoms. The molecule has 0 unspecified atom stereocenters. The van der Waals surface area contributed by atoms with Gasteiger partial charge in [0.1, 0.15) is 0 Å². The topological polar surface area (TPSA) is 74.8 Å². The molecular formula is C19H24N4O3S. The van der Waals surface area contributed by atoms with Crippen LogP contribution in [0, 0.1) is 6.92 Å². The second-order valence-electron chi connectivity index (χ2n) is 6.37. The second kappa shape index (κ2) is 8.85. The van der Waals surface area contributed by atoms with Crippen LogP contribution in [0.3, 0.4) is 0 Å². The lowest BCUT2D eigenvalue weighted by atomic mass is 10.2. The third-order valence-electron chi connectivity index (χ3n) is 4.37. The molecule has 1 aliphatic heterocycles. The highest BCUT2D eigenvalue weighted by atomic mass is 32.1. The summed E-state index contributed by atoms with van der Waals surface area (Å²) < 4.78 is 4.82. The summed E-state index contributed by atoms with van der Waals surface area (Å²) in [6.07, 6.45) is -0.289. The maximum Gasteiger partial charge on any atom is 0.413 e. The number of hydrogen-bond donors (Lipinski definition) is 1. The Balaban J connectivity index is 1.50. The fraction of sp³-hybridized carbons (Fsp3) is 0.421. The van der Waals surface area contributed by atoms with E-state index < -0.39 is 6.09 Å². The number of aromatic nitrogens is 1. The third-order valence-corrected chi connectivity index (χ3v) is 5.17. The molecule has 1 N–H and O–H groups in total. The van der Waals surface area contributed by atoms with Gasteiger partial charge in [-0.05, 0) is 31.5 Å². The predicted octanol–water partition coefficient (Wildman–Crippen LogP) is 2.91. The van der Waals surface area contributed by atoms with Gasteiger partial charge in [0.15, 0.2) is 5.13 Å². The summed E-state index contributed by atoms with van der Waals surface area (Å²) in [4.78, 5) is 32.4. The van der Waals surface area contributed by atoms with Gasteiger partial charge in [-0.2, -0.15) is 0 Å². The van der Waals surface area contributed by atoms with E-state index in [2.05, 4.69) is 46.4 Å². The summed E-state index contributed by atoms with van der Waals surface area (Å²) in [6, 6.07) is 8.43. The van der Waals surface area contributed by atoms with Crippen LogP contribution in [0.1, 0.15) is 18.2 Å². The van der Waals surface area contributed by atoms with Crippen molar-refractivity contribution in [2.45, 2.75) is 20.3 Å². The first kappa shape index (κ1) is 19.2. The minimum atomic E-state index is -0.531. The molecule has 2 amide bonds. The van der Waals surface area contributed by atoms with Crippen LogP contribution in [-0.4, -0.2) is 54.7 Å². The Kier molecular flexibility index (Phi) is 6.28. The molecule has 0 bridgehead atoms. The van der Waals surface area contributed by atoms with Gasteiger partial charge in [0, 0.05) is 37.2 Å². The Morgan fingerprint density at radius 2 is 2.04 bits per heavy atom. The summed E-state index contributed by atoms with van der Waals surface area (Å²) in [5.74, 6) is 0.0619. The van der Waals surface area contributed by atoms with Crippen molar-refractivity contribution in [1.29, 1.82) is 0 Å². The van der Waals surface area contributed by atoms with E-state index in [1.807, 2.05) is 4.90 Å². The molecule has 0 aliphatic carbocycles. The summed E-state index contributed by atoms with van der Waals surface area (Å²) in [6.45, 7) is 7.17. The summed E-state index contributed by atoms with van der Waals surface area (Å²) >= 11 is 1.29. The molecule has 2 aromatic rings. The van der Waals surface area contributed by atoms with Crippen LogP contribution in [0.4, 0.5) is 15.6 Å². The average Bonchev–Trinajstić information content (AvgIpc) is 3.08. The number of thiazole rings is 1. The van der Waals surface area contributed by atoms with Crippen LogP contribution in [0.5, 0.6) is 0 Å². The van der Waals surface area contributed by atoms with Gasteiger partial charge < -0.3 is 14.5 Å². The molecule has 1 aliphatic rings. The van der Waals surface area contributed by atoms with Crippen molar-refractivity contribution in [3.8, 4) is 0 Å². The van der Waals surface area contributed by atoms with Gasteiger partial charge in [0.2, 0.25) is 5.91 Å². The number of piperazine rings is 1. The molecule has 1 saturated heterocycles. The molecule has 27 heavy (non-hydrogen) atoms. The largest absolute Gasteiger partial charge is 0.450 e. The molecule has 1 fully saturated rings. The van der Waals surface area contributed by atoms with E-state index in [1.54, 1.807) is 12.3 Å². The molecule has 3 rings (SSSR count). The second-order valence-corrected chi connectivity index (χ2v) is 7.23. The van der Waals surface area contributed by atoms with Crippen LogP contribution in [0.25, 0.3) is 0 Å². The molecule has 7 nitrogen and oxygen atoms in total. The van der Waals surface area contributed by atoms with Gasteiger partial charge in [-0.1, -0.05) is 12.1 Å². The average molecular weight is 388 g/mol. The number of amides is 2. The predicted molar refractivity (Wildman–Crippen MR) is 106 cm³/mol. The molecule has 0 radical (unpaired) electrons. The lowest BCUT2D eigenvalue weighted by molar-refractivity contribution is -0.130. The minimum Gasteiger partial charge on any atom is -0.450 e. The number of hydrogen-bond acceptors (Lipinski definition) is 6. The summed E-state index contributed by atoms with van der Waals surface area (Å²) in [5.41, 5.74) is 3.11. The van der Waals surface area contributed by atoms with Crippen LogP contribution < -0.4 is 10.2 Å². The molecule has 1 aromatic carbocycles. The first-order chi connectivity index (χ1) is 13.0. The maximum atomic E-state index is 12.6. The van der Waals surface area contributed by atoms with Crippen molar-refractivity contribution < 1.29 is 14.3 Å². The van der Waals surface area contributed by atoms with Crippen molar-refractivity contribution in [2.24, 2.45) is 0 Å². The first-order valence-electron chi connectivity index (χ1n) is 9.02. The summed E-state index contributed by atoms with van der Waals surface area (Å²) in [5, 5.41) is 4.80. The van der Waals surface area contributed by atoms with Crippen LogP contribution in [0.2, 0.25) is 0 Å². The Morgan fingerprint density at radius 1 is 1.26 bits per heavy atom. The van der Waals surface area contributed by atoms with Gasteiger partial charge >= 0.3 is 6.09 Å². The molecular weight excluding hydrogens is 364 g/mol. The monoisotopic (exact) mass is 388 g/mol. The fourth-order valence-electron chi connectivity index (χ4n) is 3.01. The standard InChI is InChI=1S/C19H24N4O3S/c1-3-26-19(25)21-18-20-15(13-27-18)12-17(24)23-9-7-22(8-10-23)16-6-4-5-14(2)11-16/h4-6,11,13H,3,7-10,12H2,1-2H3,(H,20,21,25). The number of rotatable bonds is 5. The van der Waals surface area contributed by atoms with E-state index >= 15 is 0 Å². The number of carbonyl (C=O) groups is 2. The highest BCUT2D eigenvalue weighted by molar-refractivity contribution is 7.13. The van der Waals surface area contributed by atoms with Crippen LogP contribution in [0.15, 0.2) is 29.6 Å². The molecule has 2 heterocycles. The number of aryl methyl sites for hydroxylation is 1. The fourth-order valence-corrected chi connectivity index (χ4v) is 3.70. The third kappa shape index (κ3) is 5.19. The SMILES string of the molecule is CCOC(=O)Nc1nc(CC(=O)N2CCN(c3cccc(C)c3)CC2)cs1. The van der Waals surface area contributed by atoms with E-state index in [4.69, 9.17) is 4.74 Å². The van der Waals surface area contributed by atoms with Crippen molar-refractivity contribution >= 4 is 34.2 Å². The Morgan fingerprint density at radius 3 is 2.74 bits per heavy atom. The molecule has 1 aromatic heterocycles. The van der Waals surface area contributed by atoms with Crippen LogP contribution in [-0.2, 0) is 16.0 Å². The van der Waals surface area contributed by atoms with Gasteiger partial charge in [-0.25, -0.2) is 9.78 Å². The normalized spacial score (nSPS) is 14.1. The lowest BCUT2D eigenvalue weighted by Gasteiger charge is -2.36. The van der Waals surface area contributed by atoms with Gasteiger partial charge in [0.25, 0.3) is 0 Å². The number of carbonyl (C=O) groups excluding carboxylic acids is 2. The highest BCUT2D eigenvalue weighted by Gasteiger charge is 2.22. The Hall–Kier alpha value is -2.61. The Labute approximate surface area is 162 Å². The molecule has 0 atom stereocenters. The van der Waals surface area contributed by atoms with E-state index in [0.29, 0.717) is 30.5 Å². The van der Waals surface area contributed by atoms with E-state index in [0.717, 1.165) is 13.1 Å². The number of benzene rings is 1. The zero-order chi connectivity index (χ0) is 19.2. The zero-order valence-corrected chi connectivity index (χ0v) is 16.4. The van der Waals surface area contributed by atoms with Crippen molar-refractivity contribution in [3.05, 3.63) is 40.9 Å².